The molecule has 100 valence electrons. The zero-order valence-corrected chi connectivity index (χ0v) is 11.1. The van der Waals surface area contributed by atoms with Crippen LogP contribution in [0.15, 0.2) is 52.3 Å². The van der Waals surface area contributed by atoms with Gasteiger partial charge in [-0.05, 0) is 23.8 Å². The zero-order valence-electron chi connectivity index (χ0n) is 10.3. The van der Waals surface area contributed by atoms with E-state index in [0.29, 0.717) is 10.5 Å². The number of nitro groups is 1. The van der Waals surface area contributed by atoms with Gasteiger partial charge in [-0.2, -0.15) is 5.26 Å². The fourth-order valence-corrected chi connectivity index (χ4v) is 2.69. The lowest BCUT2D eigenvalue weighted by Crippen LogP contribution is -1.93. The average Bonchev–Trinajstić information content (AvgIpc) is 2.48. The number of aliphatic hydroxyl groups is 1. The van der Waals surface area contributed by atoms with Crippen LogP contribution in [0.25, 0.3) is 0 Å². The molecule has 0 amide bonds. The van der Waals surface area contributed by atoms with Gasteiger partial charge in [0, 0.05) is 11.0 Å². The summed E-state index contributed by atoms with van der Waals surface area (Å²) in [5.41, 5.74) is 0.842. The highest BCUT2D eigenvalue weighted by molar-refractivity contribution is 7.99. The van der Waals surface area contributed by atoms with Crippen LogP contribution in [0.3, 0.4) is 0 Å². The van der Waals surface area contributed by atoms with Crippen LogP contribution in [-0.4, -0.2) is 10.0 Å². The van der Waals surface area contributed by atoms with E-state index in [4.69, 9.17) is 5.26 Å². The Kier molecular flexibility index (Phi) is 4.35. The molecule has 0 aliphatic rings. The normalized spacial score (nSPS) is 10.0. The lowest BCUT2D eigenvalue weighted by atomic mass is 10.2. The molecule has 0 saturated carbocycles. The smallest absolute Gasteiger partial charge is 0.284 e. The van der Waals surface area contributed by atoms with Crippen LogP contribution in [0.2, 0.25) is 0 Å². The summed E-state index contributed by atoms with van der Waals surface area (Å²) >= 11 is 1.20. The van der Waals surface area contributed by atoms with Crippen molar-refractivity contribution >= 4 is 17.4 Å². The van der Waals surface area contributed by atoms with E-state index in [0.717, 1.165) is 4.90 Å². The van der Waals surface area contributed by atoms with Crippen LogP contribution in [0.1, 0.15) is 11.1 Å². The quantitative estimate of drug-likeness (QED) is 0.689. The maximum Gasteiger partial charge on any atom is 0.284 e. The van der Waals surface area contributed by atoms with E-state index in [2.05, 4.69) is 0 Å². The standard InChI is InChI=1S/C14H10N2O3S/c15-8-10-5-6-14(12(7-10)16(18)19)20-13-4-2-1-3-11(13)9-17/h1-7,17H,9H2. The molecule has 0 saturated heterocycles. The van der Waals surface area contributed by atoms with Crippen molar-refractivity contribution in [1.82, 2.24) is 0 Å². The zero-order chi connectivity index (χ0) is 14.5. The Morgan fingerprint density at radius 2 is 2.00 bits per heavy atom. The molecule has 0 atom stereocenters. The van der Waals surface area contributed by atoms with E-state index in [1.807, 2.05) is 6.07 Å². The highest BCUT2D eigenvalue weighted by Gasteiger charge is 2.16. The first-order chi connectivity index (χ1) is 9.65. The number of benzene rings is 2. The molecule has 0 aliphatic carbocycles. The minimum absolute atomic E-state index is 0.109. The van der Waals surface area contributed by atoms with Crippen LogP contribution < -0.4 is 0 Å². The molecule has 6 heteroatoms. The number of rotatable bonds is 4. The topological polar surface area (TPSA) is 87.2 Å². The van der Waals surface area contributed by atoms with E-state index in [9.17, 15) is 15.2 Å². The third-order valence-electron chi connectivity index (χ3n) is 2.65. The Hall–Kier alpha value is -2.36. The molecule has 1 N–H and O–H groups in total. The maximum absolute atomic E-state index is 11.1. The van der Waals surface area contributed by atoms with Crippen LogP contribution in [0.5, 0.6) is 0 Å². The van der Waals surface area contributed by atoms with Crippen molar-refractivity contribution in [2.45, 2.75) is 16.4 Å². The summed E-state index contributed by atoms with van der Waals surface area (Å²) in [4.78, 5) is 11.8. The van der Waals surface area contributed by atoms with Gasteiger partial charge in [-0.25, -0.2) is 0 Å². The molecule has 5 nitrogen and oxygen atoms in total. The second-order valence-corrected chi connectivity index (χ2v) is 5.00. The Labute approximate surface area is 119 Å². The van der Waals surface area contributed by atoms with E-state index >= 15 is 0 Å². The van der Waals surface area contributed by atoms with Gasteiger partial charge in [0.2, 0.25) is 0 Å². The molecule has 2 aromatic carbocycles. The van der Waals surface area contributed by atoms with Crippen molar-refractivity contribution < 1.29 is 10.0 Å². The minimum atomic E-state index is -0.509. The van der Waals surface area contributed by atoms with Gasteiger partial charge in [-0.3, -0.25) is 10.1 Å². The summed E-state index contributed by atoms with van der Waals surface area (Å²) in [6, 6.07) is 13.4. The van der Waals surface area contributed by atoms with Crippen molar-refractivity contribution in [1.29, 1.82) is 5.26 Å². The molecular formula is C14H10N2O3S. The number of nitro benzene ring substituents is 1. The molecule has 20 heavy (non-hydrogen) atoms. The molecule has 0 fully saturated rings. The van der Waals surface area contributed by atoms with Crippen molar-refractivity contribution in [2.75, 3.05) is 0 Å². The number of nitrogens with zero attached hydrogens (tertiary/aromatic N) is 2. The summed E-state index contributed by atoms with van der Waals surface area (Å²) in [5.74, 6) is 0. The highest BCUT2D eigenvalue weighted by Crippen LogP contribution is 2.36. The highest BCUT2D eigenvalue weighted by atomic mass is 32.2. The van der Waals surface area contributed by atoms with Gasteiger partial charge >= 0.3 is 0 Å². The number of aliphatic hydroxyl groups excluding tert-OH is 1. The van der Waals surface area contributed by atoms with Gasteiger partial charge in [0.1, 0.15) is 0 Å². The molecule has 2 aromatic rings. The molecule has 0 heterocycles. The molecule has 0 aliphatic heterocycles. The Morgan fingerprint density at radius 1 is 1.25 bits per heavy atom. The minimum Gasteiger partial charge on any atom is -0.392 e. The number of nitriles is 1. The van der Waals surface area contributed by atoms with Crippen LogP contribution >= 0.6 is 11.8 Å². The van der Waals surface area contributed by atoms with E-state index in [1.165, 1.54) is 23.9 Å². The maximum atomic E-state index is 11.1. The Bertz CT molecular complexity index is 695. The van der Waals surface area contributed by atoms with Crippen molar-refractivity contribution in [2.24, 2.45) is 0 Å². The number of hydrogen-bond donors (Lipinski definition) is 1. The molecule has 0 aromatic heterocycles. The summed E-state index contributed by atoms with van der Waals surface area (Å²) < 4.78 is 0. The first-order valence-electron chi connectivity index (χ1n) is 5.71. The summed E-state index contributed by atoms with van der Waals surface area (Å²) in [6.07, 6.45) is 0. The summed E-state index contributed by atoms with van der Waals surface area (Å²) in [6.45, 7) is -0.132. The Balaban J connectivity index is 2.43. The fourth-order valence-electron chi connectivity index (χ4n) is 1.67. The lowest BCUT2D eigenvalue weighted by molar-refractivity contribution is -0.387. The van der Waals surface area contributed by atoms with Crippen LogP contribution in [0, 0.1) is 21.4 Å². The van der Waals surface area contributed by atoms with Gasteiger partial charge in [-0.15, -0.1) is 0 Å². The van der Waals surface area contributed by atoms with Gasteiger partial charge in [0.05, 0.1) is 28.1 Å². The molecule has 0 radical (unpaired) electrons. The first-order valence-corrected chi connectivity index (χ1v) is 6.52. The third kappa shape index (κ3) is 2.96. The molecule has 0 bridgehead atoms. The predicted molar refractivity (Wildman–Crippen MR) is 74.3 cm³/mol. The third-order valence-corrected chi connectivity index (χ3v) is 3.83. The van der Waals surface area contributed by atoms with E-state index in [1.54, 1.807) is 30.3 Å². The molecule has 2 rings (SSSR count). The van der Waals surface area contributed by atoms with Gasteiger partial charge in [0.15, 0.2) is 0 Å². The molecule has 0 spiro atoms. The second-order valence-electron chi connectivity index (χ2n) is 3.92. The SMILES string of the molecule is N#Cc1ccc(Sc2ccccc2CO)c([N+](=O)[O-])c1. The molecular weight excluding hydrogens is 276 g/mol. The van der Waals surface area contributed by atoms with E-state index in [-0.39, 0.29) is 17.9 Å². The van der Waals surface area contributed by atoms with Gasteiger partial charge in [-0.1, -0.05) is 30.0 Å². The summed E-state index contributed by atoms with van der Waals surface area (Å²) in [7, 11) is 0. The Morgan fingerprint density at radius 3 is 2.65 bits per heavy atom. The second kappa shape index (κ2) is 6.19. The van der Waals surface area contributed by atoms with E-state index < -0.39 is 4.92 Å². The van der Waals surface area contributed by atoms with Gasteiger partial charge < -0.3 is 5.11 Å². The average molecular weight is 286 g/mol. The monoisotopic (exact) mass is 286 g/mol. The summed E-state index contributed by atoms with van der Waals surface area (Å²) in [5, 5.41) is 29.1. The lowest BCUT2D eigenvalue weighted by Gasteiger charge is -2.07. The van der Waals surface area contributed by atoms with Crippen molar-refractivity contribution in [3.05, 3.63) is 63.7 Å². The fraction of sp³-hybridized carbons (Fsp3) is 0.0714. The predicted octanol–water partition coefficient (Wildman–Crippen LogP) is 3.11. The number of hydrogen-bond acceptors (Lipinski definition) is 5. The van der Waals surface area contributed by atoms with Crippen LogP contribution in [-0.2, 0) is 6.61 Å². The van der Waals surface area contributed by atoms with Crippen LogP contribution in [0.4, 0.5) is 5.69 Å². The largest absolute Gasteiger partial charge is 0.392 e. The molecule has 0 unspecified atom stereocenters. The van der Waals surface area contributed by atoms with Crippen molar-refractivity contribution in [3.8, 4) is 6.07 Å². The first kappa shape index (κ1) is 14.1. The van der Waals surface area contributed by atoms with Gasteiger partial charge in [0.25, 0.3) is 5.69 Å². The van der Waals surface area contributed by atoms with Crippen molar-refractivity contribution in [3.63, 3.8) is 0 Å².